The Kier molecular flexibility index (Phi) is 2.86. The monoisotopic (exact) mass is 201 g/mol. The Balaban J connectivity index is 2.08. The first-order chi connectivity index (χ1) is 7.33. The number of amides is 1. The Morgan fingerprint density at radius 2 is 2.13 bits per heavy atom. The third kappa shape index (κ3) is 1.94. The summed E-state index contributed by atoms with van der Waals surface area (Å²) in [5.41, 5.74) is 1.24. The lowest BCUT2D eigenvalue weighted by Gasteiger charge is -2.40. The molecule has 0 saturated carbocycles. The summed E-state index contributed by atoms with van der Waals surface area (Å²) in [7, 11) is 0. The minimum Gasteiger partial charge on any atom is -0.331 e. The predicted octanol–water partition coefficient (Wildman–Crippen LogP) is 2.54. The summed E-state index contributed by atoms with van der Waals surface area (Å²) >= 11 is 0. The van der Waals surface area contributed by atoms with Gasteiger partial charge in [-0.2, -0.15) is 0 Å². The third-order valence-electron chi connectivity index (χ3n) is 2.79. The number of β-lactam (4-membered cyclic amide) rings is 1. The van der Waals surface area contributed by atoms with Crippen molar-refractivity contribution in [3.8, 4) is 0 Å². The largest absolute Gasteiger partial charge is 0.331 e. The zero-order chi connectivity index (χ0) is 10.7. The Morgan fingerprint density at radius 1 is 1.40 bits per heavy atom. The van der Waals surface area contributed by atoms with Gasteiger partial charge in [-0.3, -0.25) is 4.79 Å². The van der Waals surface area contributed by atoms with E-state index in [-0.39, 0.29) is 11.9 Å². The van der Waals surface area contributed by atoms with Crippen LogP contribution in [0.15, 0.2) is 42.5 Å². The molecule has 78 valence electrons. The summed E-state index contributed by atoms with van der Waals surface area (Å²) in [6, 6.07) is 10.5. The molecule has 0 N–H and O–H groups in total. The van der Waals surface area contributed by atoms with Crippen LogP contribution in [0.25, 0.3) is 0 Å². The minimum absolute atomic E-state index is 0.252. The third-order valence-corrected chi connectivity index (χ3v) is 2.79. The van der Waals surface area contributed by atoms with E-state index in [1.54, 1.807) is 0 Å². The number of benzene rings is 1. The molecule has 1 atom stereocenters. The van der Waals surface area contributed by atoms with E-state index in [1.165, 1.54) is 5.56 Å². The molecule has 1 saturated heterocycles. The Morgan fingerprint density at radius 3 is 2.73 bits per heavy atom. The van der Waals surface area contributed by atoms with E-state index in [4.69, 9.17) is 0 Å². The van der Waals surface area contributed by atoms with Crippen LogP contribution in [-0.4, -0.2) is 17.4 Å². The van der Waals surface area contributed by atoms with E-state index >= 15 is 0 Å². The van der Waals surface area contributed by atoms with Crippen molar-refractivity contribution in [2.45, 2.75) is 19.4 Å². The van der Waals surface area contributed by atoms with E-state index in [0.29, 0.717) is 6.42 Å². The quantitative estimate of drug-likeness (QED) is 0.543. The normalized spacial score (nSPS) is 20.7. The highest BCUT2D eigenvalue weighted by Gasteiger charge is 2.35. The molecule has 1 amide bonds. The second-order valence-corrected chi connectivity index (χ2v) is 3.75. The predicted molar refractivity (Wildman–Crippen MR) is 60.3 cm³/mol. The maximum Gasteiger partial charge on any atom is 0.225 e. The lowest BCUT2D eigenvalue weighted by Crippen LogP contribution is -2.46. The lowest BCUT2D eigenvalue weighted by atomic mass is 9.94. The fourth-order valence-electron chi connectivity index (χ4n) is 1.88. The number of hydrogen-bond acceptors (Lipinski definition) is 1. The number of rotatable bonds is 3. The Hall–Kier alpha value is -1.57. The molecule has 2 nitrogen and oxygen atoms in total. The number of carbonyl (C=O) groups excluding carboxylic acids is 1. The van der Waals surface area contributed by atoms with Crippen molar-refractivity contribution in [3.05, 3.63) is 48.0 Å². The summed E-state index contributed by atoms with van der Waals surface area (Å²) in [4.78, 5) is 13.3. The highest BCUT2D eigenvalue weighted by molar-refractivity contribution is 5.83. The van der Waals surface area contributed by atoms with Gasteiger partial charge in [0, 0.05) is 6.54 Å². The molecule has 1 fully saturated rings. The van der Waals surface area contributed by atoms with E-state index in [2.05, 4.69) is 12.1 Å². The zero-order valence-corrected chi connectivity index (χ0v) is 8.89. The molecule has 1 heterocycles. The maximum atomic E-state index is 11.4. The molecule has 2 rings (SSSR count). The van der Waals surface area contributed by atoms with Crippen molar-refractivity contribution < 1.29 is 4.79 Å². The van der Waals surface area contributed by atoms with E-state index < -0.39 is 0 Å². The van der Waals surface area contributed by atoms with Crippen LogP contribution < -0.4 is 0 Å². The summed E-state index contributed by atoms with van der Waals surface area (Å²) in [5.74, 6) is 0.252. The molecule has 0 aromatic heterocycles. The van der Waals surface area contributed by atoms with Gasteiger partial charge < -0.3 is 4.90 Å². The molecule has 15 heavy (non-hydrogen) atoms. The maximum absolute atomic E-state index is 11.4. The van der Waals surface area contributed by atoms with Gasteiger partial charge in [0.15, 0.2) is 0 Å². The van der Waals surface area contributed by atoms with E-state index in [0.717, 1.165) is 6.54 Å². The van der Waals surface area contributed by atoms with Crippen LogP contribution in [0, 0.1) is 0 Å². The van der Waals surface area contributed by atoms with Crippen LogP contribution in [0.3, 0.4) is 0 Å². The van der Waals surface area contributed by atoms with E-state index in [1.807, 2.05) is 42.2 Å². The Labute approximate surface area is 90.2 Å². The van der Waals surface area contributed by atoms with Gasteiger partial charge in [0.05, 0.1) is 12.5 Å². The average Bonchev–Trinajstić information content (AvgIpc) is 2.27. The summed E-state index contributed by atoms with van der Waals surface area (Å²) < 4.78 is 0. The Bertz CT molecular complexity index is 369. The van der Waals surface area contributed by atoms with Crippen molar-refractivity contribution >= 4 is 5.91 Å². The second-order valence-electron chi connectivity index (χ2n) is 3.75. The zero-order valence-electron chi connectivity index (χ0n) is 8.89. The van der Waals surface area contributed by atoms with Crippen LogP contribution in [-0.2, 0) is 4.79 Å². The highest BCUT2D eigenvalue weighted by Crippen LogP contribution is 2.33. The molecule has 1 unspecified atom stereocenters. The molecule has 0 bridgehead atoms. The van der Waals surface area contributed by atoms with Crippen LogP contribution in [0.1, 0.15) is 24.9 Å². The standard InChI is InChI=1S/C13H15NO/c1-2-3-9-14-12(10-13(14)15)11-7-5-4-6-8-11/h2-8,12H,9-10H2,1H3. The van der Waals surface area contributed by atoms with Crippen LogP contribution >= 0.6 is 0 Å². The SMILES string of the molecule is CC=CCN1C(=O)CC1c1ccccc1. The molecule has 1 aromatic carbocycles. The molecular formula is C13H15NO. The van der Waals surface area contributed by atoms with Gasteiger partial charge in [0.1, 0.15) is 0 Å². The highest BCUT2D eigenvalue weighted by atomic mass is 16.2. The number of allylic oxidation sites excluding steroid dienone is 1. The van der Waals surface area contributed by atoms with Crippen molar-refractivity contribution in [3.63, 3.8) is 0 Å². The minimum atomic E-state index is 0.252. The number of likely N-dealkylation sites (tertiary alicyclic amines) is 1. The van der Waals surface area contributed by atoms with Gasteiger partial charge in [0.25, 0.3) is 0 Å². The fraction of sp³-hybridized carbons (Fsp3) is 0.308. The van der Waals surface area contributed by atoms with Gasteiger partial charge in [0.2, 0.25) is 5.91 Å². The molecule has 1 aliphatic heterocycles. The van der Waals surface area contributed by atoms with Gasteiger partial charge in [-0.05, 0) is 12.5 Å². The van der Waals surface area contributed by atoms with Crippen LogP contribution in [0.4, 0.5) is 0 Å². The number of hydrogen-bond donors (Lipinski definition) is 0. The summed E-state index contributed by atoms with van der Waals surface area (Å²) in [5, 5.41) is 0. The number of nitrogens with zero attached hydrogens (tertiary/aromatic N) is 1. The van der Waals surface area contributed by atoms with Gasteiger partial charge >= 0.3 is 0 Å². The fourth-order valence-corrected chi connectivity index (χ4v) is 1.88. The topological polar surface area (TPSA) is 20.3 Å². The first kappa shape index (κ1) is 9.97. The van der Waals surface area contributed by atoms with Crippen LogP contribution in [0.5, 0.6) is 0 Å². The van der Waals surface area contributed by atoms with Gasteiger partial charge in [-0.1, -0.05) is 42.5 Å². The molecule has 0 aliphatic carbocycles. The molecule has 1 aromatic rings. The van der Waals surface area contributed by atoms with Crippen LogP contribution in [0.2, 0.25) is 0 Å². The van der Waals surface area contributed by atoms with Crippen molar-refractivity contribution in [1.82, 2.24) is 4.90 Å². The first-order valence-corrected chi connectivity index (χ1v) is 5.28. The van der Waals surface area contributed by atoms with Crippen molar-refractivity contribution in [2.75, 3.05) is 6.54 Å². The summed E-state index contributed by atoms with van der Waals surface area (Å²) in [6.07, 6.45) is 4.65. The lowest BCUT2D eigenvalue weighted by molar-refractivity contribution is -0.145. The molecule has 0 radical (unpaired) electrons. The number of carbonyl (C=O) groups is 1. The first-order valence-electron chi connectivity index (χ1n) is 5.28. The smallest absolute Gasteiger partial charge is 0.225 e. The van der Waals surface area contributed by atoms with Crippen molar-refractivity contribution in [2.24, 2.45) is 0 Å². The van der Waals surface area contributed by atoms with Gasteiger partial charge in [-0.15, -0.1) is 0 Å². The van der Waals surface area contributed by atoms with Crippen molar-refractivity contribution in [1.29, 1.82) is 0 Å². The molecule has 0 spiro atoms. The molecule has 1 aliphatic rings. The second kappa shape index (κ2) is 4.30. The van der Waals surface area contributed by atoms with Gasteiger partial charge in [-0.25, -0.2) is 0 Å². The molecule has 2 heteroatoms. The summed E-state index contributed by atoms with van der Waals surface area (Å²) in [6.45, 7) is 2.71. The average molecular weight is 201 g/mol. The van der Waals surface area contributed by atoms with E-state index in [9.17, 15) is 4.79 Å². The molecular weight excluding hydrogens is 186 g/mol.